The number of alkyl halides is 3. The first kappa shape index (κ1) is 14.8. The third kappa shape index (κ3) is 4.19. The first-order chi connectivity index (χ1) is 9.33. The maximum Gasteiger partial charge on any atom is 0.573 e. The van der Waals surface area contributed by atoms with Crippen LogP contribution in [0.25, 0.3) is 0 Å². The highest BCUT2D eigenvalue weighted by atomic mass is 127. The number of ether oxygens (including phenoxy) is 2. The molecule has 2 aromatic carbocycles. The van der Waals surface area contributed by atoms with E-state index in [-0.39, 0.29) is 5.75 Å². The van der Waals surface area contributed by atoms with Crippen LogP contribution in [-0.2, 0) is 0 Å². The molecule has 2 N–H and O–H groups in total. The quantitative estimate of drug-likeness (QED) is 0.612. The lowest BCUT2D eigenvalue weighted by Gasteiger charge is -2.11. The number of nitrogens with two attached hydrogens (primary N) is 1. The van der Waals surface area contributed by atoms with Crippen LogP contribution in [0.3, 0.4) is 0 Å². The van der Waals surface area contributed by atoms with E-state index < -0.39 is 6.36 Å². The Morgan fingerprint density at radius 3 is 2.10 bits per heavy atom. The maximum atomic E-state index is 12.0. The Kier molecular flexibility index (Phi) is 4.26. The second kappa shape index (κ2) is 5.78. The molecule has 3 nitrogen and oxygen atoms in total. The predicted molar refractivity (Wildman–Crippen MR) is 76.8 cm³/mol. The molecule has 0 spiro atoms. The van der Waals surface area contributed by atoms with Crippen LogP contribution in [0.1, 0.15) is 0 Å². The van der Waals surface area contributed by atoms with Crippen molar-refractivity contribution in [2.24, 2.45) is 0 Å². The number of nitrogen functional groups attached to an aromatic ring is 1. The summed E-state index contributed by atoms with van der Waals surface area (Å²) in [5.41, 5.74) is 6.22. The van der Waals surface area contributed by atoms with Crippen molar-refractivity contribution in [1.82, 2.24) is 0 Å². The van der Waals surface area contributed by atoms with Crippen molar-refractivity contribution in [2.45, 2.75) is 6.36 Å². The highest BCUT2D eigenvalue weighted by Gasteiger charge is 2.30. The monoisotopic (exact) mass is 395 g/mol. The zero-order valence-corrected chi connectivity index (χ0v) is 12.1. The molecule has 2 rings (SSSR count). The molecule has 0 radical (unpaired) electrons. The number of anilines is 1. The predicted octanol–water partition coefficient (Wildman–Crippen LogP) is 4.56. The Hall–Kier alpha value is -1.64. The van der Waals surface area contributed by atoms with E-state index in [4.69, 9.17) is 10.5 Å². The van der Waals surface area contributed by atoms with Crippen LogP contribution in [0.5, 0.6) is 17.2 Å². The highest BCUT2D eigenvalue weighted by Crippen LogP contribution is 2.30. The van der Waals surface area contributed by atoms with Crippen molar-refractivity contribution in [3.05, 3.63) is 46.0 Å². The van der Waals surface area contributed by atoms with Gasteiger partial charge in [0.2, 0.25) is 0 Å². The first-order valence-electron chi connectivity index (χ1n) is 5.42. The Bertz CT molecular complexity index is 600. The fourth-order valence-electron chi connectivity index (χ4n) is 1.44. The lowest BCUT2D eigenvalue weighted by Crippen LogP contribution is -2.16. The average molecular weight is 395 g/mol. The molecule has 0 aliphatic carbocycles. The second-order valence-corrected chi connectivity index (χ2v) is 4.97. The van der Waals surface area contributed by atoms with Crippen LogP contribution in [0.4, 0.5) is 18.9 Å². The Morgan fingerprint density at radius 2 is 1.55 bits per heavy atom. The van der Waals surface area contributed by atoms with Gasteiger partial charge in [-0.05, 0) is 65.1 Å². The van der Waals surface area contributed by atoms with Crippen molar-refractivity contribution < 1.29 is 22.6 Å². The van der Waals surface area contributed by atoms with Crippen molar-refractivity contribution in [2.75, 3.05) is 5.73 Å². The van der Waals surface area contributed by atoms with Gasteiger partial charge in [-0.1, -0.05) is 0 Å². The van der Waals surface area contributed by atoms with E-state index in [0.717, 1.165) is 3.57 Å². The van der Waals surface area contributed by atoms with Gasteiger partial charge in [0.05, 0.1) is 3.57 Å². The van der Waals surface area contributed by atoms with Crippen molar-refractivity contribution in [1.29, 1.82) is 0 Å². The Morgan fingerprint density at radius 1 is 0.950 bits per heavy atom. The molecule has 2 aromatic rings. The van der Waals surface area contributed by atoms with Crippen LogP contribution in [0.2, 0.25) is 0 Å². The van der Waals surface area contributed by atoms with Crippen LogP contribution in [-0.4, -0.2) is 6.36 Å². The van der Waals surface area contributed by atoms with Gasteiger partial charge in [0.15, 0.2) is 0 Å². The summed E-state index contributed by atoms with van der Waals surface area (Å²) in [6.45, 7) is 0. The minimum absolute atomic E-state index is 0.295. The number of hydrogen-bond acceptors (Lipinski definition) is 3. The van der Waals surface area contributed by atoms with Gasteiger partial charge in [0, 0.05) is 5.69 Å². The van der Waals surface area contributed by atoms with Gasteiger partial charge >= 0.3 is 6.36 Å². The SMILES string of the molecule is Nc1ccc(Oc2ccc(OC(F)(F)F)cc2)c(I)c1. The summed E-state index contributed by atoms with van der Waals surface area (Å²) in [6, 6.07) is 10.3. The minimum Gasteiger partial charge on any atom is -0.456 e. The molecule has 0 heterocycles. The van der Waals surface area contributed by atoms with Crippen molar-refractivity contribution >= 4 is 28.3 Å². The van der Waals surface area contributed by atoms with Crippen LogP contribution < -0.4 is 15.2 Å². The summed E-state index contributed by atoms with van der Waals surface area (Å²) in [5.74, 6) is 0.684. The molecular formula is C13H9F3INO2. The summed E-state index contributed by atoms with van der Waals surface area (Å²) in [7, 11) is 0. The lowest BCUT2D eigenvalue weighted by molar-refractivity contribution is -0.274. The molecule has 0 atom stereocenters. The zero-order chi connectivity index (χ0) is 14.8. The molecule has 0 fully saturated rings. The third-order valence-electron chi connectivity index (χ3n) is 2.24. The number of halogens is 4. The van der Waals surface area contributed by atoms with E-state index in [2.05, 4.69) is 27.3 Å². The standard InChI is InChI=1S/C13H9F3INO2/c14-13(15,16)20-10-4-2-9(3-5-10)19-12-6-1-8(18)7-11(12)17/h1-7H,18H2. The minimum atomic E-state index is -4.70. The fourth-order valence-corrected chi connectivity index (χ4v) is 2.09. The number of hydrogen-bond donors (Lipinski definition) is 1. The van der Waals surface area contributed by atoms with Gasteiger partial charge < -0.3 is 15.2 Å². The van der Waals surface area contributed by atoms with Gasteiger partial charge in [-0.3, -0.25) is 0 Å². The summed E-state index contributed by atoms with van der Waals surface area (Å²) in [5, 5.41) is 0. The molecule has 0 saturated heterocycles. The van der Waals surface area contributed by atoms with E-state index in [1.54, 1.807) is 18.2 Å². The summed E-state index contributed by atoms with van der Waals surface area (Å²) in [4.78, 5) is 0. The van der Waals surface area contributed by atoms with Gasteiger partial charge in [-0.15, -0.1) is 13.2 Å². The van der Waals surface area contributed by atoms with Crippen molar-refractivity contribution in [3.8, 4) is 17.2 Å². The second-order valence-electron chi connectivity index (χ2n) is 3.81. The van der Waals surface area contributed by atoms with Crippen LogP contribution in [0, 0.1) is 3.57 Å². The largest absolute Gasteiger partial charge is 0.573 e. The van der Waals surface area contributed by atoms with Crippen molar-refractivity contribution in [3.63, 3.8) is 0 Å². The van der Waals surface area contributed by atoms with E-state index in [1.165, 1.54) is 24.3 Å². The van der Waals surface area contributed by atoms with Gasteiger partial charge in [0.25, 0.3) is 0 Å². The maximum absolute atomic E-state index is 12.0. The highest BCUT2D eigenvalue weighted by molar-refractivity contribution is 14.1. The molecule has 20 heavy (non-hydrogen) atoms. The molecule has 7 heteroatoms. The summed E-state index contributed by atoms with van der Waals surface area (Å²) >= 11 is 2.06. The molecule has 106 valence electrons. The van der Waals surface area contributed by atoms with Gasteiger partial charge in [0.1, 0.15) is 17.2 Å². The third-order valence-corrected chi connectivity index (χ3v) is 3.08. The average Bonchev–Trinajstić information content (AvgIpc) is 2.33. The normalized spacial score (nSPS) is 11.2. The van der Waals surface area contributed by atoms with E-state index in [9.17, 15) is 13.2 Å². The van der Waals surface area contributed by atoms with Crippen LogP contribution >= 0.6 is 22.6 Å². The molecule has 0 unspecified atom stereocenters. The van der Waals surface area contributed by atoms with Gasteiger partial charge in [-0.25, -0.2) is 0 Å². The van der Waals surface area contributed by atoms with E-state index in [1.807, 2.05) is 0 Å². The smallest absolute Gasteiger partial charge is 0.456 e. The summed E-state index contributed by atoms with van der Waals surface area (Å²) < 4.78 is 46.2. The number of rotatable bonds is 3. The molecule has 0 amide bonds. The zero-order valence-electron chi connectivity index (χ0n) is 9.95. The lowest BCUT2D eigenvalue weighted by atomic mass is 10.3. The van der Waals surface area contributed by atoms with E-state index in [0.29, 0.717) is 17.2 Å². The summed E-state index contributed by atoms with van der Waals surface area (Å²) in [6.07, 6.45) is -4.70. The first-order valence-corrected chi connectivity index (χ1v) is 6.50. The molecular weight excluding hydrogens is 386 g/mol. The topological polar surface area (TPSA) is 44.5 Å². The molecule has 0 aliphatic rings. The van der Waals surface area contributed by atoms with E-state index >= 15 is 0 Å². The molecule has 0 aliphatic heterocycles. The fraction of sp³-hybridized carbons (Fsp3) is 0.0769. The Labute approximate surface area is 126 Å². The van der Waals surface area contributed by atoms with Crippen LogP contribution in [0.15, 0.2) is 42.5 Å². The molecule has 0 bridgehead atoms. The molecule has 0 saturated carbocycles. The molecule has 0 aromatic heterocycles. The van der Waals surface area contributed by atoms with Gasteiger partial charge in [-0.2, -0.15) is 0 Å². The Balaban J connectivity index is 2.11. The number of benzene rings is 2.